The van der Waals surface area contributed by atoms with Crippen molar-refractivity contribution in [3.8, 4) is 0 Å². The molecule has 0 spiro atoms. The number of esters is 1. The Bertz CT molecular complexity index is 87.0. The van der Waals surface area contributed by atoms with Gasteiger partial charge in [-0.1, -0.05) is 0 Å². The molecule has 0 saturated carbocycles. The molecular formula is C5H10O4. The average molecular weight is 134 g/mol. The van der Waals surface area contributed by atoms with E-state index in [1.165, 1.54) is 14.2 Å². The molecule has 9 heavy (non-hydrogen) atoms. The maximum atomic E-state index is 10.5. The molecular weight excluding hydrogens is 124 g/mol. The summed E-state index contributed by atoms with van der Waals surface area (Å²) in [5.41, 5.74) is 0. The number of methoxy groups -OCH3 is 2. The first-order chi connectivity index (χ1) is 4.26. The van der Waals surface area contributed by atoms with Crippen LogP contribution in [0.5, 0.6) is 0 Å². The molecule has 0 heterocycles. The quantitative estimate of drug-likeness (QED) is 0.512. The molecule has 0 aliphatic carbocycles. The van der Waals surface area contributed by atoms with E-state index >= 15 is 0 Å². The van der Waals surface area contributed by atoms with E-state index in [0.717, 1.165) is 0 Å². The molecule has 54 valence electrons. The van der Waals surface area contributed by atoms with Gasteiger partial charge in [-0.3, -0.25) is 0 Å². The van der Waals surface area contributed by atoms with Crippen LogP contribution in [0.4, 0.5) is 0 Å². The summed E-state index contributed by atoms with van der Waals surface area (Å²) in [5, 5.41) is 8.40. The van der Waals surface area contributed by atoms with Gasteiger partial charge in [0.1, 0.15) is 0 Å². The molecule has 0 fully saturated rings. The number of aliphatic hydroxyl groups is 1. The molecule has 0 rings (SSSR count). The molecule has 0 amide bonds. The van der Waals surface area contributed by atoms with Gasteiger partial charge in [-0.15, -0.1) is 0 Å². The van der Waals surface area contributed by atoms with Gasteiger partial charge in [-0.25, -0.2) is 4.79 Å². The van der Waals surface area contributed by atoms with Crippen LogP contribution >= 0.6 is 0 Å². The van der Waals surface area contributed by atoms with Crippen molar-refractivity contribution in [1.29, 1.82) is 0 Å². The minimum atomic E-state index is -0.838. The van der Waals surface area contributed by atoms with Gasteiger partial charge in [0.15, 0.2) is 6.10 Å². The minimum Gasteiger partial charge on any atom is -0.467 e. The van der Waals surface area contributed by atoms with E-state index in [1.807, 2.05) is 0 Å². The van der Waals surface area contributed by atoms with Crippen LogP contribution in [0.3, 0.4) is 0 Å². The van der Waals surface area contributed by atoms with Gasteiger partial charge < -0.3 is 14.6 Å². The van der Waals surface area contributed by atoms with Crippen LogP contribution in [0.25, 0.3) is 0 Å². The molecule has 0 aromatic heterocycles. The zero-order valence-corrected chi connectivity index (χ0v) is 5.46. The first-order valence-corrected chi connectivity index (χ1v) is 2.47. The van der Waals surface area contributed by atoms with Gasteiger partial charge in [-0.05, 0) is 0 Å². The lowest BCUT2D eigenvalue weighted by molar-refractivity contribution is -0.154. The van der Waals surface area contributed by atoms with Crippen LogP contribution in [0.1, 0.15) is 0 Å². The van der Waals surface area contributed by atoms with E-state index in [9.17, 15) is 4.79 Å². The maximum Gasteiger partial charge on any atom is 0.337 e. The van der Waals surface area contributed by atoms with E-state index in [0.29, 0.717) is 0 Å². The third-order valence-electron chi connectivity index (χ3n) is 0.914. The van der Waals surface area contributed by atoms with Crippen molar-refractivity contribution in [2.24, 2.45) is 0 Å². The predicted molar refractivity (Wildman–Crippen MR) is 29.9 cm³/mol. The summed E-state index contributed by atoms with van der Waals surface area (Å²) in [5.74, 6) is -0.556. The fraction of sp³-hybridized carbons (Fsp3) is 0.800. The van der Waals surface area contributed by atoms with E-state index in [1.54, 1.807) is 0 Å². The minimum absolute atomic E-state index is 0.344. The number of rotatable bonds is 3. The first kappa shape index (κ1) is 8.39. The maximum absolute atomic E-state index is 10.5. The van der Waals surface area contributed by atoms with Gasteiger partial charge >= 0.3 is 5.97 Å². The molecule has 0 aliphatic heterocycles. The zero-order valence-electron chi connectivity index (χ0n) is 5.46. The lowest BCUT2D eigenvalue weighted by Crippen LogP contribution is -2.27. The van der Waals surface area contributed by atoms with Crippen molar-refractivity contribution in [3.05, 3.63) is 0 Å². The summed E-state index contributed by atoms with van der Waals surface area (Å²) in [7, 11) is 2.57. The van der Waals surface area contributed by atoms with Crippen LogP contribution in [0.15, 0.2) is 0 Å². The van der Waals surface area contributed by atoms with Gasteiger partial charge in [0, 0.05) is 7.11 Å². The molecule has 0 bridgehead atoms. The van der Waals surface area contributed by atoms with E-state index in [-0.39, 0.29) is 6.61 Å². The van der Waals surface area contributed by atoms with Crippen molar-refractivity contribution in [1.82, 2.24) is 0 Å². The first-order valence-electron chi connectivity index (χ1n) is 2.47. The molecule has 0 radical (unpaired) electrons. The van der Waals surface area contributed by atoms with Crippen LogP contribution in [-0.4, -0.2) is 38.0 Å². The van der Waals surface area contributed by atoms with Crippen molar-refractivity contribution >= 4 is 5.97 Å². The van der Waals surface area contributed by atoms with Crippen molar-refractivity contribution in [3.63, 3.8) is 0 Å². The molecule has 4 heteroatoms. The van der Waals surface area contributed by atoms with Crippen molar-refractivity contribution in [2.45, 2.75) is 6.10 Å². The third-order valence-corrected chi connectivity index (χ3v) is 0.914. The largest absolute Gasteiger partial charge is 0.467 e. The third kappa shape index (κ3) is 2.43. The van der Waals surface area contributed by atoms with E-state index in [2.05, 4.69) is 9.47 Å². The number of hydrogen-bond acceptors (Lipinski definition) is 4. The van der Waals surface area contributed by atoms with Gasteiger partial charge in [0.05, 0.1) is 13.7 Å². The van der Waals surface area contributed by atoms with Crippen molar-refractivity contribution in [2.75, 3.05) is 20.8 Å². The molecule has 0 saturated heterocycles. The summed E-state index contributed by atoms with van der Waals surface area (Å²) in [6.07, 6.45) is -0.838. The van der Waals surface area contributed by atoms with Gasteiger partial charge in [0.2, 0.25) is 0 Å². The monoisotopic (exact) mass is 134 g/mol. The molecule has 0 aromatic rings. The lowest BCUT2D eigenvalue weighted by Gasteiger charge is -2.07. The number of hydrogen-bond donors (Lipinski definition) is 1. The number of ether oxygens (including phenoxy) is 2. The topological polar surface area (TPSA) is 55.8 Å². The highest BCUT2D eigenvalue weighted by Crippen LogP contribution is 1.89. The Hall–Kier alpha value is -0.610. The standard InChI is InChI=1S/C5H10O4/c1-8-4(3-6)5(7)9-2/h4,6H,3H2,1-2H3. The second-order valence-corrected chi connectivity index (χ2v) is 1.43. The second kappa shape index (κ2) is 4.29. The Balaban J connectivity index is 3.64. The Morgan fingerprint density at radius 3 is 2.33 bits per heavy atom. The summed E-state index contributed by atoms with van der Waals surface area (Å²) in [4.78, 5) is 10.5. The fourth-order valence-electron chi connectivity index (χ4n) is 0.377. The number of carbonyl (C=O) groups excluding carboxylic acids is 1. The SMILES string of the molecule is COC(=O)C(CO)OC. The Morgan fingerprint density at radius 1 is 1.67 bits per heavy atom. The molecule has 0 aromatic carbocycles. The average Bonchev–Trinajstić information content (AvgIpc) is 1.90. The lowest BCUT2D eigenvalue weighted by atomic mass is 10.4. The zero-order chi connectivity index (χ0) is 7.28. The molecule has 1 atom stereocenters. The number of aliphatic hydroxyl groups excluding tert-OH is 1. The van der Waals surface area contributed by atoms with Crippen LogP contribution in [0, 0.1) is 0 Å². The van der Waals surface area contributed by atoms with Crippen LogP contribution in [-0.2, 0) is 14.3 Å². The highest BCUT2D eigenvalue weighted by molar-refractivity contribution is 5.74. The van der Waals surface area contributed by atoms with E-state index in [4.69, 9.17) is 5.11 Å². The normalized spacial score (nSPS) is 12.8. The summed E-state index contributed by atoms with van der Waals surface area (Å²) >= 11 is 0. The summed E-state index contributed by atoms with van der Waals surface area (Å²) in [6, 6.07) is 0. The van der Waals surface area contributed by atoms with E-state index < -0.39 is 12.1 Å². The number of carbonyl (C=O) groups is 1. The highest BCUT2D eigenvalue weighted by atomic mass is 16.6. The smallest absolute Gasteiger partial charge is 0.337 e. The van der Waals surface area contributed by atoms with Crippen molar-refractivity contribution < 1.29 is 19.4 Å². The molecule has 1 unspecified atom stereocenters. The highest BCUT2D eigenvalue weighted by Gasteiger charge is 2.15. The molecule has 0 aliphatic rings. The Kier molecular flexibility index (Phi) is 4.00. The fourth-order valence-corrected chi connectivity index (χ4v) is 0.377. The Morgan fingerprint density at radius 2 is 2.22 bits per heavy atom. The predicted octanol–water partition coefficient (Wildman–Crippen LogP) is -0.833. The molecule has 4 nitrogen and oxygen atoms in total. The summed E-state index contributed by atoms with van der Waals surface area (Å²) < 4.78 is 8.80. The van der Waals surface area contributed by atoms with Crippen LogP contribution in [0.2, 0.25) is 0 Å². The Labute approximate surface area is 53.4 Å². The molecule has 1 N–H and O–H groups in total. The second-order valence-electron chi connectivity index (χ2n) is 1.43. The van der Waals surface area contributed by atoms with Crippen LogP contribution < -0.4 is 0 Å². The van der Waals surface area contributed by atoms with Gasteiger partial charge in [-0.2, -0.15) is 0 Å². The summed E-state index contributed by atoms with van der Waals surface area (Å²) in [6.45, 7) is -0.344. The van der Waals surface area contributed by atoms with Gasteiger partial charge in [0.25, 0.3) is 0 Å².